The van der Waals surface area contributed by atoms with Crippen LogP contribution in [0.2, 0.25) is 0 Å². The van der Waals surface area contributed by atoms with Gasteiger partial charge in [-0.1, -0.05) is 36.0 Å². The lowest BCUT2D eigenvalue weighted by molar-refractivity contribution is 0.144. The van der Waals surface area contributed by atoms with Gasteiger partial charge >= 0.3 is 6.09 Å². The van der Waals surface area contributed by atoms with Crippen molar-refractivity contribution in [2.75, 3.05) is 6.26 Å². The summed E-state index contributed by atoms with van der Waals surface area (Å²) >= 11 is 5.04. The third-order valence-electron chi connectivity index (χ3n) is 4.80. The number of carboxylic acid groups (broad SMARTS) is 1. The molecule has 1 saturated carbocycles. The molecule has 0 bridgehead atoms. The maximum Gasteiger partial charge on any atom is 0.405 e. The Morgan fingerprint density at radius 2 is 2.08 bits per heavy atom. The van der Waals surface area contributed by atoms with E-state index in [1.165, 1.54) is 11.8 Å². The summed E-state index contributed by atoms with van der Waals surface area (Å²) in [4.78, 5) is 19.8. The first-order chi connectivity index (χ1) is 12.5. The third-order valence-corrected chi connectivity index (χ3v) is 6.15. The van der Waals surface area contributed by atoms with Gasteiger partial charge in [0.15, 0.2) is 10.9 Å². The lowest BCUT2D eigenvalue weighted by atomic mass is 9.72. The predicted octanol–water partition coefficient (Wildman–Crippen LogP) is 5.02. The number of nitrogens with zero attached hydrogens (tertiary/aromatic N) is 2. The molecule has 0 atom stereocenters. The summed E-state index contributed by atoms with van der Waals surface area (Å²) in [5.74, 6) is 0.688. The van der Waals surface area contributed by atoms with Crippen LogP contribution in [-0.2, 0) is 5.54 Å². The van der Waals surface area contributed by atoms with Crippen molar-refractivity contribution >= 4 is 44.9 Å². The van der Waals surface area contributed by atoms with Gasteiger partial charge in [0.1, 0.15) is 0 Å². The van der Waals surface area contributed by atoms with Gasteiger partial charge in [-0.25, -0.2) is 9.78 Å². The van der Waals surface area contributed by atoms with Crippen molar-refractivity contribution in [3.63, 3.8) is 0 Å². The van der Waals surface area contributed by atoms with Gasteiger partial charge < -0.3 is 14.8 Å². The number of furan rings is 1. The van der Waals surface area contributed by atoms with Crippen molar-refractivity contribution in [1.82, 2.24) is 15.3 Å². The third kappa shape index (κ3) is 2.87. The summed E-state index contributed by atoms with van der Waals surface area (Å²) in [5, 5.41) is 13.3. The molecule has 2 aromatic heterocycles. The maximum absolute atomic E-state index is 11.1. The Morgan fingerprint density at radius 1 is 1.35 bits per heavy atom. The van der Waals surface area contributed by atoms with Crippen LogP contribution in [0, 0.1) is 0 Å². The van der Waals surface area contributed by atoms with Gasteiger partial charge in [0, 0.05) is 11.8 Å². The molecule has 1 aliphatic carbocycles. The van der Waals surface area contributed by atoms with Gasteiger partial charge in [-0.2, -0.15) is 4.98 Å². The number of carbonyl (C=O) groups is 1. The molecule has 3 aromatic rings. The van der Waals surface area contributed by atoms with E-state index in [9.17, 15) is 4.79 Å². The van der Waals surface area contributed by atoms with Crippen molar-refractivity contribution in [1.29, 1.82) is 0 Å². The Kier molecular flexibility index (Phi) is 4.40. The first kappa shape index (κ1) is 17.4. The van der Waals surface area contributed by atoms with E-state index in [-0.39, 0.29) is 0 Å². The zero-order valence-electron chi connectivity index (χ0n) is 14.0. The van der Waals surface area contributed by atoms with E-state index in [1.807, 2.05) is 30.5 Å². The fourth-order valence-corrected chi connectivity index (χ4v) is 4.20. The molecule has 0 aliphatic heterocycles. The van der Waals surface area contributed by atoms with Crippen LogP contribution < -0.4 is 5.32 Å². The van der Waals surface area contributed by atoms with E-state index >= 15 is 0 Å². The molecule has 0 saturated heterocycles. The topological polar surface area (TPSA) is 88.2 Å². The minimum absolute atomic E-state index is 0.464. The minimum atomic E-state index is -0.989. The van der Waals surface area contributed by atoms with Crippen molar-refractivity contribution in [2.24, 2.45) is 0 Å². The van der Waals surface area contributed by atoms with Crippen LogP contribution in [0.4, 0.5) is 4.79 Å². The Labute approximate surface area is 162 Å². The number of rotatable bonds is 4. The summed E-state index contributed by atoms with van der Waals surface area (Å²) in [6, 6.07) is 7.82. The van der Waals surface area contributed by atoms with Crippen LogP contribution in [0.15, 0.2) is 44.5 Å². The molecule has 0 radical (unpaired) electrons. The maximum atomic E-state index is 11.1. The zero-order valence-corrected chi connectivity index (χ0v) is 16.4. The lowest BCUT2D eigenvalue weighted by Crippen LogP contribution is -2.50. The number of amides is 1. The first-order valence-corrected chi connectivity index (χ1v) is 10.2. The number of thioether (sulfide) groups is 1. The van der Waals surface area contributed by atoms with Gasteiger partial charge in [0.2, 0.25) is 5.71 Å². The highest BCUT2D eigenvalue weighted by Crippen LogP contribution is 2.43. The number of benzene rings is 1. The summed E-state index contributed by atoms with van der Waals surface area (Å²) < 4.78 is 6.75. The van der Waals surface area contributed by atoms with E-state index in [0.29, 0.717) is 16.6 Å². The molecule has 2 heterocycles. The molecule has 0 spiro atoms. The number of aromatic nitrogens is 2. The Morgan fingerprint density at radius 3 is 2.65 bits per heavy atom. The number of hydrogen-bond acceptors (Lipinski definition) is 5. The quantitative estimate of drug-likeness (QED) is 0.443. The molecule has 8 heteroatoms. The molecule has 1 aromatic carbocycles. The molecular formula is C18H16BrN3O3S. The minimum Gasteiger partial charge on any atom is -0.465 e. The highest BCUT2D eigenvalue weighted by atomic mass is 79.9. The second-order valence-corrected chi connectivity index (χ2v) is 7.83. The first-order valence-electron chi connectivity index (χ1n) is 8.13. The van der Waals surface area contributed by atoms with Crippen LogP contribution in [0.5, 0.6) is 0 Å². The second-order valence-electron chi connectivity index (χ2n) is 6.26. The van der Waals surface area contributed by atoms with Gasteiger partial charge in [0.05, 0.1) is 15.4 Å². The molecule has 4 rings (SSSR count). The van der Waals surface area contributed by atoms with Crippen molar-refractivity contribution in [2.45, 2.75) is 30.0 Å². The fourth-order valence-electron chi connectivity index (χ4n) is 3.29. The van der Waals surface area contributed by atoms with Gasteiger partial charge in [-0.15, -0.1) is 0 Å². The van der Waals surface area contributed by atoms with E-state index in [2.05, 4.69) is 31.2 Å². The second kappa shape index (κ2) is 6.59. The molecule has 1 amide bonds. The fraction of sp³-hybridized carbons (Fsp3) is 0.278. The Hall–Kier alpha value is -2.06. The largest absolute Gasteiger partial charge is 0.465 e. The van der Waals surface area contributed by atoms with E-state index in [1.54, 1.807) is 6.20 Å². The van der Waals surface area contributed by atoms with Crippen molar-refractivity contribution in [3.05, 3.63) is 40.5 Å². The highest BCUT2D eigenvalue weighted by molar-refractivity contribution is 9.10. The predicted molar refractivity (Wildman–Crippen MR) is 103 cm³/mol. The van der Waals surface area contributed by atoms with Crippen LogP contribution in [0.25, 0.3) is 22.4 Å². The average Bonchev–Trinajstić information content (AvgIpc) is 2.94. The van der Waals surface area contributed by atoms with Crippen LogP contribution in [-0.4, -0.2) is 27.4 Å². The van der Waals surface area contributed by atoms with Crippen LogP contribution in [0.1, 0.15) is 24.8 Å². The molecular weight excluding hydrogens is 418 g/mol. The standard InChI is InChI=1S/C18H16BrN3O3S/c1-26-16-20-9-12-13(19)14(25-15(12)21-16)10-3-5-11(6-4-10)18(7-2-8-18)22-17(23)24/h3-6,9,22H,2,7-8H2,1H3,(H,23,24). The number of fused-ring (bicyclic) bond motifs is 1. The summed E-state index contributed by atoms with van der Waals surface area (Å²) in [5.41, 5.74) is 1.95. The molecule has 1 fully saturated rings. The summed E-state index contributed by atoms with van der Waals surface area (Å²) in [7, 11) is 0. The molecule has 6 nitrogen and oxygen atoms in total. The summed E-state index contributed by atoms with van der Waals surface area (Å²) in [6.07, 6.45) is 5.34. The van der Waals surface area contributed by atoms with E-state index < -0.39 is 11.6 Å². The van der Waals surface area contributed by atoms with Crippen LogP contribution >= 0.6 is 27.7 Å². The van der Waals surface area contributed by atoms with Crippen molar-refractivity contribution < 1.29 is 14.3 Å². The smallest absolute Gasteiger partial charge is 0.405 e. The molecule has 2 N–H and O–H groups in total. The molecule has 1 aliphatic rings. The number of hydrogen-bond donors (Lipinski definition) is 2. The lowest BCUT2D eigenvalue weighted by Gasteiger charge is -2.42. The zero-order chi connectivity index (χ0) is 18.3. The highest BCUT2D eigenvalue weighted by Gasteiger charge is 2.40. The van der Waals surface area contributed by atoms with Gasteiger partial charge in [-0.3, -0.25) is 0 Å². The van der Waals surface area contributed by atoms with E-state index in [4.69, 9.17) is 9.52 Å². The molecule has 134 valence electrons. The number of nitrogens with one attached hydrogen (secondary N) is 1. The number of halogens is 1. The van der Waals surface area contributed by atoms with Crippen LogP contribution in [0.3, 0.4) is 0 Å². The van der Waals surface area contributed by atoms with Gasteiger partial charge in [-0.05, 0) is 47.0 Å². The Bertz CT molecular complexity index is 983. The Balaban J connectivity index is 1.70. The monoisotopic (exact) mass is 433 g/mol. The normalized spacial score (nSPS) is 15.6. The van der Waals surface area contributed by atoms with Gasteiger partial charge in [0.25, 0.3) is 0 Å². The molecule has 26 heavy (non-hydrogen) atoms. The average molecular weight is 434 g/mol. The molecule has 0 unspecified atom stereocenters. The van der Waals surface area contributed by atoms with Crippen molar-refractivity contribution in [3.8, 4) is 11.3 Å². The summed E-state index contributed by atoms with van der Waals surface area (Å²) in [6.45, 7) is 0. The van der Waals surface area contributed by atoms with E-state index in [0.717, 1.165) is 40.2 Å². The SMILES string of the molecule is CSc1ncc2c(Br)c(-c3ccc(C4(NC(=O)O)CCC4)cc3)oc2n1.